The number of likely N-dealkylation sites (tertiary alicyclic amines) is 1. The van der Waals surface area contributed by atoms with Crippen molar-refractivity contribution in [2.75, 3.05) is 39.1 Å². The molecule has 1 saturated heterocycles. The summed E-state index contributed by atoms with van der Waals surface area (Å²) in [6, 6.07) is 9.53. The summed E-state index contributed by atoms with van der Waals surface area (Å²) in [5, 5.41) is 3.41. The Morgan fingerprint density at radius 3 is 2.39 bits per heavy atom. The van der Waals surface area contributed by atoms with Crippen molar-refractivity contribution >= 4 is 5.69 Å². The lowest BCUT2D eigenvalue weighted by Crippen LogP contribution is -2.32. The molecule has 1 aromatic rings. The monoisotopic (exact) mass is 247 g/mol. The Bertz CT molecular complexity index is 372. The number of likely N-dealkylation sites (N-methyl/N-ethyl adjacent to an activating group) is 1. The number of nitrogens with one attached hydrogen (secondary N) is 1. The highest BCUT2D eigenvalue weighted by Crippen LogP contribution is 2.20. The molecule has 1 aromatic carbocycles. The van der Waals surface area contributed by atoms with Gasteiger partial charge in [-0.3, -0.25) is 4.90 Å². The Labute approximate surface area is 111 Å². The first kappa shape index (κ1) is 13.4. The molecule has 0 aromatic heterocycles. The van der Waals surface area contributed by atoms with Crippen LogP contribution in [0.3, 0.4) is 0 Å². The molecule has 100 valence electrons. The van der Waals surface area contributed by atoms with Crippen molar-refractivity contribution in [1.29, 1.82) is 0 Å². The summed E-state index contributed by atoms with van der Waals surface area (Å²) in [5.74, 6) is 0.746. The summed E-state index contributed by atoms with van der Waals surface area (Å²) in [6.45, 7) is 5.75. The molecular weight excluding hydrogens is 222 g/mol. The Hall–Kier alpha value is -1.06. The maximum Gasteiger partial charge on any atom is 0.0361 e. The molecule has 1 aliphatic rings. The van der Waals surface area contributed by atoms with Gasteiger partial charge in [0.25, 0.3) is 0 Å². The van der Waals surface area contributed by atoms with Gasteiger partial charge in [0.1, 0.15) is 0 Å². The zero-order valence-corrected chi connectivity index (χ0v) is 12.0. The molecule has 0 bridgehead atoms. The zero-order chi connectivity index (χ0) is 13.1. The molecular formula is C15H25N3. The van der Waals surface area contributed by atoms with E-state index in [1.807, 2.05) is 0 Å². The molecule has 18 heavy (non-hydrogen) atoms. The highest BCUT2D eigenvalue weighted by Gasteiger charge is 2.27. The maximum atomic E-state index is 3.41. The van der Waals surface area contributed by atoms with Gasteiger partial charge in [-0.15, -0.1) is 0 Å². The van der Waals surface area contributed by atoms with Gasteiger partial charge in [-0.05, 0) is 30.7 Å². The SMILES string of the molecule is CNC1CN(Cc2ccc(N(C)C)cc2)CC1C. The second-order valence-corrected chi connectivity index (χ2v) is 5.63. The van der Waals surface area contributed by atoms with Gasteiger partial charge in [0, 0.05) is 45.5 Å². The number of benzene rings is 1. The van der Waals surface area contributed by atoms with Crippen molar-refractivity contribution < 1.29 is 0 Å². The van der Waals surface area contributed by atoms with Crippen LogP contribution in [0.5, 0.6) is 0 Å². The van der Waals surface area contributed by atoms with E-state index >= 15 is 0 Å². The highest BCUT2D eigenvalue weighted by molar-refractivity contribution is 5.45. The summed E-state index contributed by atoms with van der Waals surface area (Å²) < 4.78 is 0. The van der Waals surface area contributed by atoms with Crippen LogP contribution < -0.4 is 10.2 Å². The van der Waals surface area contributed by atoms with Gasteiger partial charge in [0.05, 0.1) is 0 Å². The molecule has 3 nitrogen and oxygen atoms in total. The standard InChI is InChI=1S/C15H25N3/c1-12-9-18(11-15(12)16-2)10-13-5-7-14(8-6-13)17(3)4/h5-8,12,15-16H,9-11H2,1-4H3. The lowest BCUT2D eigenvalue weighted by molar-refractivity contribution is 0.317. The summed E-state index contributed by atoms with van der Waals surface area (Å²) in [7, 11) is 6.22. The number of nitrogens with zero attached hydrogens (tertiary/aromatic N) is 2. The molecule has 2 unspecified atom stereocenters. The van der Waals surface area contributed by atoms with Crippen molar-refractivity contribution in [2.45, 2.75) is 19.5 Å². The molecule has 0 spiro atoms. The predicted octanol–water partition coefficient (Wildman–Crippen LogP) is 1.79. The van der Waals surface area contributed by atoms with Gasteiger partial charge in [-0.25, -0.2) is 0 Å². The number of rotatable bonds is 4. The number of hydrogen-bond acceptors (Lipinski definition) is 3. The Balaban J connectivity index is 1.94. The molecule has 2 atom stereocenters. The van der Waals surface area contributed by atoms with Crippen LogP contribution in [0, 0.1) is 5.92 Å². The average molecular weight is 247 g/mol. The third-order valence-electron chi connectivity index (χ3n) is 3.92. The first-order chi connectivity index (χ1) is 8.60. The van der Waals surface area contributed by atoms with Gasteiger partial charge >= 0.3 is 0 Å². The second kappa shape index (κ2) is 5.72. The topological polar surface area (TPSA) is 18.5 Å². The van der Waals surface area contributed by atoms with Crippen LogP contribution >= 0.6 is 0 Å². The normalized spacial score (nSPS) is 24.4. The largest absolute Gasteiger partial charge is 0.378 e. The van der Waals surface area contributed by atoms with Crippen molar-refractivity contribution in [3.63, 3.8) is 0 Å². The van der Waals surface area contributed by atoms with Gasteiger partial charge < -0.3 is 10.2 Å². The van der Waals surface area contributed by atoms with E-state index in [4.69, 9.17) is 0 Å². The average Bonchev–Trinajstić information content (AvgIpc) is 2.70. The molecule has 1 heterocycles. The lowest BCUT2D eigenvalue weighted by atomic mass is 10.1. The third-order valence-corrected chi connectivity index (χ3v) is 3.92. The first-order valence-corrected chi connectivity index (χ1v) is 6.76. The van der Waals surface area contributed by atoms with Crippen LogP contribution in [0.25, 0.3) is 0 Å². The van der Waals surface area contributed by atoms with Crippen molar-refractivity contribution in [2.24, 2.45) is 5.92 Å². The van der Waals surface area contributed by atoms with E-state index in [1.54, 1.807) is 0 Å². The van der Waals surface area contributed by atoms with E-state index in [-0.39, 0.29) is 0 Å². The van der Waals surface area contributed by atoms with E-state index in [0.29, 0.717) is 6.04 Å². The Kier molecular flexibility index (Phi) is 4.25. The lowest BCUT2D eigenvalue weighted by Gasteiger charge is -2.17. The van der Waals surface area contributed by atoms with Crippen LogP contribution in [0.1, 0.15) is 12.5 Å². The van der Waals surface area contributed by atoms with E-state index in [1.165, 1.54) is 17.8 Å². The fourth-order valence-electron chi connectivity index (χ4n) is 2.73. The van der Waals surface area contributed by atoms with Gasteiger partial charge in [0.2, 0.25) is 0 Å². The van der Waals surface area contributed by atoms with Gasteiger partial charge in [0.15, 0.2) is 0 Å². The number of hydrogen-bond donors (Lipinski definition) is 1. The molecule has 0 radical (unpaired) electrons. The summed E-state index contributed by atoms with van der Waals surface area (Å²) in [5.41, 5.74) is 2.67. The fraction of sp³-hybridized carbons (Fsp3) is 0.600. The van der Waals surface area contributed by atoms with E-state index < -0.39 is 0 Å². The predicted molar refractivity (Wildman–Crippen MR) is 78.1 cm³/mol. The van der Waals surface area contributed by atoms with Crippen molar-refractivity contribution in [1.82, 2.24) is 10.2 Å². The quantitative estimate of drug-likeness (QED) is 0.875. The smallest absolute Gasteiger partial charge is 0.0361 e. The fourth-order valence-corrected chi connectivity index (χ4v) is 2.73. The summed E-state index contributed by atoms with van der Waals surface area (Å²) in [4.78, 5) is 4.68. The molecule has 1 N–H and O–H groups in total. The Morgan fingerprint density at radius 2 is 1.89 bits per heavy atom. The van der Waals surface area contributed by atoms with Gasteiger partial charge in [-0.1, -0.05) is 19.1 Å². The van der Waals surface area contributed by atoms with E-state index in [9.17, 15) is 0 Å². The van der Waals surface area contributed by atoms with Crippen LogP contribution in [-0.2, 0) is 6.54 Å². The molecule has 3 heteroatoms. The van der Waals surface area contributed by atoms with Crippen LogP contribution in [-0.4, -0.2) is 45.2 Å². The van der Waals surface area contributed by atoms with Gasteiger partial charge in [-0.2, -0.15) is 0 Å². The van der Waals surface area contributed by atoms with Crippen molar-refractivity contribution in [3.8, 4) is 0 Å². The summed E-state index contributed by atoms with van der Waals surface area (Å²) in [6.07, 6.45) is 0. The molecule has 2 rings (SSSR count). The molecule has 1 aliphatic heterocycles. The maximum absolute atomic E-state index is 3.41. The molecule has 0 amide bonds. The summed E-state index contributed by atoms with van der Waals surface area (Å²) >= 11 is 0. The minimum Gasteiger partial charge on any atom is -0.378 e. The minimum atomic E-state index is 0.644. The molecule has 1 fully saturated rings. The zero-order valence-electron chi connectivity index (χ0n) is 12.0. The number of anilines is 1. The molecule has 0 saturated carbocycles. The second-order valence-electron chi connectivity index (χ2n) is 5.63. The third kappa shape index (κ3) is 3.03. The Morgan fingerprint density at radius 1 is 1.22 bits per heavy atom. The van der Waals surface area contributed by atoms with Crippen LogP contribution in [0.2, 0.25) is 0 Å². The van der Waals surface area contributed by atoms with E-state index in [2.05, 4.69) is 67.4 Å². The first-order valence-electron chi connectivity index (χ1n) is 6.76. The minimum absolute atomic E-state index is 0.644. The molecule has 0 aliphatic carbocycles. The van der Waals surface area contributed by atoms with Crippen LogP contribution in [0.4, 0.5) is 5.69 Å². The van der Waals surface area contributed by atoms with Crippen LogP contribution in [0.15, 0.2) is 24.3 Å². The van der Waals surface area contributed by atoms with Crippen molar-refractivity contribution in [3.05, 3.63) is 29.8 Å². The van der Waals surface area contributed by atoms with E-state index in [0.717, 1.165) is 19.0 Å². The highest BCUT2D eigenvalue weighted by atomic mass is 15.2.